The number of hydrogen-bond donors (Lipinski definition) is 1. The summed E-state index contributed by atoms with van der Waals surface area (Å²) in [6.45, 7) is 6.03. The van der Waals surface area contributed by atoms with Crippen LogP contribution in [0.5, 0.6) is 11.5 Å². The van der Waals surface area contributed by atoms with Crippen LogP contribution < -0.4 is 14.8 Å². The number of thiazole rings is 1. The number of hydrogen-bond acceptors (Lipinski definition) is 8. The highest BCUT2D eigenvalue weighted by molar-refractivity contribution is 8.00. The average Bonchev–Trinajstić information content (AvgIpc) is 3.26. The van der Waals surface area contributed by atoms with Gasteiger partial charge in [0, 0.05) is 16.6 Å². The molecular weight excluding hydrogens is 456 g/mol. The number of thioether (sulfide) groups is 1. The van der Waals surface area contributed by atoms with Gasteiger partial charge >= 0.3 is 0 Å². The van der Waals surface area contributed by atoms with E-state index < -0.39 is 5.25 Å². The van der Waals surface area contributed by atoms with Gasteiger partial charge in [-0.3, -0.25) is 4.79 Å². The van der Waals surface area contributed by atoms with Crippen LogP contribution in [0.15, 0.2) is 40.7 Å². The number of benzene rings is 1. The molecule has 1 unspecified atom stereocenters. The summed E-state index contributed by atoms with van der Waals surface area (Å²) in [6, 6.07) is 11.4. The Balaban J connectivity index is 1.70. The lowest BCUT2D eigenvalue weighted by Gasteiger charge is -2.12. The van der Waals surface area contributed by atoms with Crippen molar-refractivity contribution in [2.24, 2.45) is 5.92 Å². The van der Waals surface area contributed by atoms with Gasteiger partial charge in [-0.1, -0.05) is 25.6 Å². The topological polar surface area (TPSA) is 97.1 Å². The molecular formula is C24H26N4O3S2. The molecule has 0 fully saturated rings. The number of aromatic nitrogens is 2. The second-order valence-electron chi connectivity index (χ2n) is 7.72. The lowest BCUT2D eigenvalue weighted by molar-refractivity contribution is -0.115. The van der Waals surface area contributed by atoms with Gasteiger partial charge in [0.1, 0.15) is 11.1 Å². The minimum atomic E-state index is -0.452. The third-order valence-electron chi connectivity index (χ3n) is 4.73. The predicted octanol–water partition coefficient (Wildman–Crippen LogP) is 5.41. The van der Waals surface area contributed by atoms with Crippen LogP contribution >= 0.6 is 23.1 Å². The van der Waals surface area contributed by atoms with Crippen LogP contribution in [0.4, 0.5) is 5.13 Å². The lowest BCUT2D eigenvalue weighted by atomic mass is 10.1. The van der Waals surface area contributed by atoms with E-state index in [1.54, 1.807) is 27.2 Å². The molecule has 172 valence electrons. The Kier molecular flexibility index (Phi) is 8.31. The average molecular weight is 483 g/mol. The highest BCUT2D eigenvalue weighted by Crippen LogP contribution is 2.34. The number of ether oxygens (including phenoxy) is 2. The van der Waals surface area contributed by atoms with E-state index in [-0.39, 0.29) is 5.91 Å². The number of methoxy groups -OCH3 is 2. The van der Waals surface area contributed by atoms with E-state index in [1.165, 1.54) is 23.1 Å². The van der Waals surface area contributed by atoms with Gasteiger partial charge in [-0.2, -0.15) is 5.26 Å². The fourth-order valence-corrected chi connectivity index (χ4v) is 4.71. The quantitative estimate of drug-likeness (QED) is 0.407. The van der Waals surface area contributed by atoms with Crippen LogP contribution in [0.2, 0.25) is 0 Å². The highest BCUT2D eigenvalue weighted by Gasteiger charge is 2.20. The van der Waals surface area contributed by atoms with Crippen molar-refractivity contribution >= 4 is 34.1 Å². The van der Waals surface area contributed by atoms with Crippen LogP contribution in [-0.4, -0.2) is 35.3 Å². The Labute approximate surface area is 202 Å². The highest BCUT2D eigenvalue weighted by atomic mass is 32.2. The van der Waals surface area contributed by atoms with Crippen molar-refractivity contribution in [3.05, 3.63) is 47.0 Å². The number of pyridine rings is 1. The molecule has 2 aromatic heterocycles. The second-order valence-corrected chi connectivity index (χ2v) is 9.91. The molecule has 0 saturated heterocycles. The molecule has 33 heavy (non-hydrogen) atoms. The van der Waals surface area contributed by atoms with Crippen molar-refractivity contribution in [2.45, 2.75) is 37.5 Å². The van der Waals surface area contributed by atoms with Gasteiger partial charge in [-0.25, -0.2) is 9.97 Å². The zero-order valence-electron chi connectivity index (χ0n) is 19.2. The summed E-state index contributed by atoms with van der Waals surface area (Å²) in [5.41, 5.74) is 2.97. The molecule has 7 nitrogen and oxygen atoms in total. The molecule has 3 rings (SSSR count). The fraction of sp³-hybridized carbons (Fsp3) is 0.333. The summed E-state index contributed by atoms with van der Waals surface area (Å²) in [5.74, 6) is 1.50. The molecule has 0 bridgehead atoms. The summed E-state index contributed by atoms with van der Waals surface area (Å²) in [4.78, 5) is 21.9. The molecule has 1 N–H and O–H groups in total. The van der Waals surface area contributed by atoms with Gasteiger partial charge in [-0.15, -0.1) is 11.3 Å². The Bertz CT molecular complexity index is 1170. The molecule has 1 amide bonds. The first-order chi connectivity index (χ1) is 15.8. The third-order valence-corrected chi connectivity index (χ3v) is 6.59. The first-order valence-corrected chi connectivity index (χ1v) is 12.2. The van der Waals surface area contributed by atoms with Gasteiger partial charge in [0.25, 0.3) is 0 Å². The summed E-state index contributed by atoms with van der Waals surface area (Å²) in [6.07, 6.45) is 0.817. The standard InChI is InChI=1S/C24H26N4O3S2/c1-14(2)10-18-8-6-17(12-25)23(26-18)33-15(3)22(29)28-24-27-19(13-32-24)16-7-9-20(30-4)21(11-16)31-5/h6-9,11,13-15H,10H2,1-5H3,(H,27,28,29). The van der Waals surface area contributed by atoms with E-state index >= 15 is 0 Å². The Morgan fingerprint density at radius 3 is 2.58 bits per heavy atom. The molecule has 9 heteroatoms. The normalized spacial score (nSPS) is 11.7. The van der Waals surface area contributed by atoms with E-state index in [0.717, 1.165) is 23.4 Å². The smallest absolute Gasteiger partial charge is 0.239 e. The molecule has 1 aromatic carbocycles. The van der Waals surface area contributed by atoms with E-state index in [2.05, 4.69) is 35.2 Å². The van der Waals surface area contributed by atoms with Crippen molar-refractivity contribution < 1.29 is 14.3 Å². The van der Waals surface area contributed by atoms with E-state index in [0.29, 0.717) is 33.1 Å². The lowest BCUT2D eigenvalue weighted by Crippen LogP contribution is -2.22. The summed E-state index contributed by atoms with van der Waals surface area (Å²) < 4.78 is 10.6. The summed E-state index contributed by atoms with van der Waals surface area (Å²) in [7, 11) is 3.17. The second kappa shape index (κ2) is 11.2. The number of nitrogens with zero attached hydrogens (tertiary/aromatic N) is 3. The molecule has 2 heterocycles. The molecule has 0 radical (unpaired) electrons. The molecule has 0 aliphatic rings. The van der Waals surface area contributed by atoms with Crippen LogP contribution in [0.25, 0.3) is 11.3 Å². The van der Waals surface area contributed by atoms with Gasteiger partial charge in [0.15, 0.2) is 16.6 Å². The van der Waals surface area contributed by atoms with E-state index in [9.17, 15) is 10.1 Å². The monoisotopic (exact) mass is 482 g/mol. The molecule has 3 aromatic rings. The Hall–Kier alpha value is -3.09. The maximum absolute atomic E-state index is 12.8. The van der Waals surface area contributed by atoms with Gasteiger partial charge in [0.2, 0.25) is 5.91 Å². The predicted molar refractivity (Wildman–Crippen MR) is 132 cm³/mol. The summed E-state index contributed by atoms with van der Waals surface area (Å²) >= 11 is 2.62. The molecule has 0 aliphatic carbocycles. The molecule has 0 aliphatic heterocycles. The number of carbonyl (C=O) groups excluding carboxylic acids is 1. The number of amides is 1. The number of anilines is 1. The van der Waals surface area contributed by atoms with E-state index in [4.69, 9.17) is 9.47 Å². The zero-order chi connectivity index (χ0) is 24.0. The van der Waals surface area contributed by atoms with Gasteiger partial charge < -0.3 is 14.8 Å². The first kappa shape index (κ1) is 24.6. The van der Waals surface area contributed by atoms with Crippen molar-refractivity contribution in [1.29, 1.82) is 5.26 Å². The van der Waals surface area contributed by atoms with Crippen LogP contribution in [0, 0.1) is 17.2 Å². The van der Waals surface area contributed by atoms with E-state index in [1.807, 2.05) is 29.6 Å². The number of rotatable bonds is 9. The van der Waals surface area contributed by atoms with Crippen molar-refractivity contribution in [3.63, 3.8) is 0 Å². The van der Waals surface area contributed by atoms with Gasteiger partial charge in [0.05, 0.1) is 30.7 Å². The number of nitrogens with one attached hydrogen (secondary N) is 1. The van der Waals surface area contributed by atoms with Crippen molar-refractivity contribution in [3.8, 4) is 28.8 Å². The SMILES string of the molecule is COc1ccc(-c2csc(NC(=O)C(C)Sc3nc(CC(C)C)ccc3C#N)n2)cc1OC. The minimum Gasteiger partial charge on any atom is -0.493 e. The molecule has 0 spiro atoms. The largest absolute Gasteiger partial charge is 0.493 e. The Morgan fingerprint density at radius 1 is 1.15 bits per heavy atom. The van der Waals surface area contributed by atoms with Crippen molar-refractivity contribution in [1.82, 2.24) is 9.97 Å². The maximum atomic E-state index is 12.8. The first-order valence-electron chi connectivity index (χ1n) is 10.4. The summed E-state index contributed by atoms with van der Waals surface area (Å²) in [5, 5.41) is 14.8. The van der Waals surface area contributed by atoms with Crippen LogP contribution in [0.1, 0.15) is 32.0 Å². The number of carbonyl (C=O) groups is 1. The zero-order valence-corrected chi connectivity index (χ0v) is 20.8. The third kappa shape index (κ3) is 6.24. The van der Waals surface area contributed by atoms with Crippen LogP contribution in [0.3, 0.4) is 0 Å². The number of nitriles is 1. The molecule has 0 saturated carbocycles. The van der Waals surface area contributed by atoms with Gasteiger partial charge in [-0.05, 0) is 49.6 Å². The van der Waals surface area contributed by atoms with Crippen molar-refractivity contribution in [2.75, 3.05) is 19.5 Å². The minimum absolute atomic E-state index is 0.201. The molecule has 1 atom stereocenters. The maximum Gasteiger partial charge on any atom is 0.239 e. The fourth-order valence-electron chi connectivity index (χ4n) is 3.07. The van der Waals surface area contributed by atoms with Crippen LogP contribution in [-0.2, 0) is 11.2 Å². The Morgan fingerprint density at radius 2 is 1.91 bits per heavy atom.